The van der Waals surface area contributed by atoms with E-state index in [-0.39, 0.29) is 5.82 Å². The molecule has 0 atom stereocenters. The Hall–Kier alpha value is -2.03. The summed E-state index contributed by atoms with van der Waals surface area (Å²) in [7, 11) is 2.02. The van der Waals surface area contributed by atoms with Crippen molar-refractivity contribution in [3.8, 4) is 0 Å². The van der Waals surface area contributed by atoms with Crippen LogP contribution in [-0.2, 0) is 6.54 Å². The summed E-state index contributed by atoms with van der Waals surface area (Å²) in [5.74, 6) is -0.204. The van der Waals surface area contributed by atoms with E-state index < -0.39 is 0 Å². The standard InChI is InChI=1S/C15H17FN2/c1-11-9-14(17)7-8-15(11)18(2)10-12-3-5-13(16)6-4-12/h3-9H,10,17H2,1-2H3. The van der Waals surface area contributed by atoms with Crippen LogP contribution in [0.5, 0.6) is 0 Å². The molecule has 18 heavy (non-hydrogen) atoms. The van der Waals surface area contributed by atoms with Gasteiger partial charge in [-0.15, -0.1) is 0 Å². The molecule has 0 spiro atoms. The van der Waals surface area contributed by atoms with Gasteiger partial charge in [-0.1, -0.05) is 12.1 Å². The number of hydrogen-bond donors (Lipinski definition) is 1. The summed E-state index contributed by atoms with van der Waals surface area (Å²) in [5.41, 5.74) is 9.86. The van der Waals surface area contributed by atoms with Crippen molar-refractivity contribution >= 4 is 11.4 Å². The Morgan fingerprint density at radius 2 is 1.78 bits per heavy atom. The zero-order valence-corrected chi connectivity index (χ0v) is 10.7. The number of nitrogens with two attached hydrogens (primary N) is 1. The maximum Gasteiger partial charge on any atom is 0.123 e. The minimum atomic E-state index is -0.204. The van der Waals surface area contributed by atoms with E-state index in [1.54, 1.807) is 12.1 Å². The summed E-state index contributed by atoms with van der Waals surface area (Å²) < 4.78 is 12.8. The molecular formula is C15H17FN2. The van der Waals surface area contributed by atoms with Gasteiger partial charge in [0.1, 0.15) is 5.82 Å². The molecule has 0 amide bonds. The molecule has 2 N–H and O–H groups in total. The van der Waals surface area contributed by atoms with Gasteiger partial charge in [-0.05, 0) is 48.4 Å². The summed E-state index contributed by atoms with van der Waals surface area (Å²) in [4.78, 5) is 2.13. The van der Waals surface area contributed by atoms with Crippen LogP contribution in [0.1, 0.15) is 11.1 Å². The third-order valence-electron chi connectivity index (χ3n) is 2.97. The molecule has 0 fully saturated rings. The van der Waals surface area contributed by atoms with E-state index in [1.165, 1.54) is 12.1 Å². The zero-order valence-electron chi connectivity index (χ0n) is 10.7. The molecule has 0 aliphatic heterocycles. The lowest BCUT2D eigenvalue weighted by atomic mass is 10.1. The second-order valence-corrected chi connectivity index (χ2v) is 4.53. The first kappa shape index (κ1) is 12.4. The Bertz CT molecular complexity index is 535. The average Bonchev–Trinajstić information content (AvgIpc) is 2.32. The minimum absolute atomic E-state index is 0.204. The summed E-state index contributed by atoms with van der Waals surface area (Å²) in [6.45, 7) is 2.78. The monoisotopic (exact) mass is 244 g/mol. The van der Waals surface area contributed by atoms with Gasteiger partial charge in [0.05, 0.1) is 0 Å². The Morgan fingerprint density at radius 3 is 2.39 bits per heavy atom. The van der Waals surface area contributed by atoms with Crippen molar-refractivity contribution in [2.45, 2.75) is 13.5 Å². The molecule has 2 nitrogen and oxygen atoms in total. The number of hydrogen-bond acceptors (Lipinski definition) is 2. The smallest absolute Gasteiger partial charge is 0.123 e. The summed E-state index contributed by atoms with van der Waals surface area (Å²) >= 11 is 0. The van der Waals surface area contributed by atoms with E-state index in [2.05, 4.69) is 4.90 Å². The number of anilines is 2. The molecule has 0 saturated heterocycles. The van der Waals surface area contributed by atoms with Gasteiger partial charge in [0.15, 0.2) is 0 Å². The summed E-state index contributed by atoms with van der Waals surface area (Å²) in [5, 5.41) is 0. The quantitative estimate of drug-likeness (QED) is 0.839. The molecule has 0 bridgehead atoms. The molecule has 2 rings (SSSR count). The molecular weight excluding hydrogens is 227 g/mol. The average molecular weight is 244 g/mol. The highest BCUT2D eigenvalue weighted by atomic mass is 19.1. The predicted molar refractivity (Wildman–Crippen MR) is 74.1 cm³/mol. The fraction of sp³-hybridized carbons (Fsp3) is 0.200. The van der Waals surface area contributed by atoms with Crippen LogP contribution in [0.4, 0.5) is 15.8 Å². The van der Waals surface area contributed by atoms with Crippen LogP contribution >= 0.6 is 0 Å². The van der Waals surface area contributed by atoms with E-state index in [1.807, 2.05) is 32.2 Å². The number of benzene rings is 2. The fourth-order valence-corrected chi connectivity index (χ4v) is 2.06. The van der Waals surface area contributed by atoms with Crippen molar-refractivity contribution in [2.24, 2.45) is 0 Å². The van der Waals surface area contributed by atoms with Crippen LogP contribution in [-0.4, -0.2) is 7.05 Å². The lowest BCUT2D eigenvalue weighted by Gasteiger charge is -2.21. The van der Waals surface area contributed by atoms with Gasteiger partial charge >= 0.3 is 0 Å². The van der Waals surface area contributed by atoms with Gasteiger partial charge < -0.3 is 10.6 Å². The van der Waals surface area contributed by atoms with E-state index in [4.69, 9.17) is 5.73 Å². The first-order valence-electron chi connectivity index (χ1n) is 5.88. The van der Waals surface area contributed by atoms with Crippen LogP contribution in [0.25, 0.3) is 0 Å². The number of aryl methyl sites for hydroxylation is 1. The van der Waals surface area contributed by atoms with Crippen LogP contribution in [0, 0.1) is 12.7 Å². The second kappa shape index (κ2) is 5.08. The van der Waals surface area contributed by atoms with Gasteiger partial charge in [-0.25, -0.2) is 4.39 Å². The molecule has 0 radical (unpaired) electrons. The third kappa shape index (κ3) is 2.80. The maximum absolute atomic E-state index is 12.8. The van der Waals surface area contributed by atoms with E-state index in [0.29, 0.717) is 0 Å². The largest absolute Gasteiger partial charge is 0.399 e. The van der Waals surface area contributed by atoms with Crippen molar-refractivity contribution in [1.29, 1.82) is 0 Å². The number of rotatable bonds is 3. The highest BCUT2D eigenvalue weighted by Crippen LogP contribution is 2.22. The van der Waals surface area contributed by atoms with E-state index in [0.717, 1.165) is 29.0 Å². The number of nitrogen functional groups attached to an aromatic ring is 1. The van der Waals surface area contributed by atoms with Crippen molar-refractivity contribution in [3.05, 3.63) is 59.4 Å². The first-order valence-corrected chi connectivity index (χ1v) is 5.88. The predicted octanol–water partition coefficient (Wildman–Crippen LogP) is 3.35. The van der Waals surface area contributed by atoms with Gasteiger partial charge in [0, 0.05) is 25.0 Å². The van der Waals surface area contributed by atoms with Crippen molar-refractivity contribution < 1.29 is 4.39 Å². The molecule has 2 aromatic rings. The molecule has 0 unspecified atom stereocenters. The lowest BCUT2D eigenvalue weighted by Crippen LogP contribution is -2.17. The highest BCUT2D eigenvalue weighted by molar-refractivity contribution is 5.58. The fourth-order valence-electron chi connectivity index (χ4n) is 2.06. The molecule has 0 aliphatic rings. The van der Waals surface area contributed by atoms with Gasteiger partial charge in [-0.2, -0.15) is 0 Å². The topological polar surface area (TPSA) is 29.3 Å². The van der Waals surface area contributed by atoms with Crippen LogP contribution < -0.4 is 10.6 Å². The minimum Gasteiger partial charge on any atom is -0.399 e. The Kier molecular flexibility index (Phi) is 3.51. The summed E-state index contributed by atoms with van der Waals surface area (Å²) in [6, 6.07) is 12.4. The Labute approximate surface area is 107 Å². The second-order valence-electron chi connectivity index (χ2n) is 4.53. The summed E-state index contributed by atoms with van der Waals surface area (Å²) in [6.07, 6.45) is 0. The first-order chi connectivity index (χ1) is 8.56. The van der Waals surface area contributed by atoms with Crippen LogP contribution in [0.3, 0.4) is 0 Å². The molecule has 3 heteroatoms. The lowest BCUT2D eigenvalue weighted by molar-refractivity contribution is 0.627. The molecule has 0 heterocycles. The molecule has 2 aromatic carbocycles. The van der Waals surface area contributed by atoms with Crippen molar-refractivity contribution in [3.63, 3.8) is 0 Å². The van der Waals surface area contributed by atoms with Gasteiger partial charge in [0.2, 0.25) is 0 Å². The molecule has 94 valence electrons. The highest BCUT2D eigenvalue weighted by Gasteiger charge is 2.05. The number of halogens is 1. The normalized spacial score (nSPS) is 10.4. The zero-order chi connectivity index (χ0) is 13.1. The van der Waals surface area contributed by atoms with Crippen LogP contribution in [0.2, 0.25) is 0 Å². The van der Waals surface area contributed by atoms with E-state index in [9.17, 15) is 4.39 Å². The van der Waals surface area contributed by atoms with Gasteiger partial charge in [0.25, 0.3) is 0 Å². The van der Waals surface area contributed by atoms with E-state index >= 15 is 0 Å². The Balaban J connectivity index is 2.16. The third-order valence-corrected chi connectivity index (χ3v) is 2.97. The molecule has 0 aliphatic carbocycles. The Morgan fingerprint density at radius 1 is 1.11 bits per heavy atom. The van der Waals surface area contributed by atoms with Gasteiger partial charge in [-0.3, -0.25) is 0 Å². The molecule has 0 saturated carbocycles. The maximum atomic E-state index is 12.8. The van der Waals surface area contributed by atoms with Crippen molar-refractivity contribution in [2.75, 3.05) is 17.7 Å². The van der Waals surface area contributed by atoms with Crippen molar-refractivity contribution in [1.82, 2.24) is 0 Å². The number of nitrogens with zero attached hydrogens (tertiary/aromatic N) is 1. The molecule has 0 aromatic heterocycles. The SMILES string of the molecule is Cc1cc(N)ccc1N(C)Cc1ccc(F)cc1. The van der Waals surface area contributed by atoms with Crippen LogP contribution in [0.15, 0.2) is 42.5 Å².